The summed E-state index contributed by atoms with van der Waals surface area (Å²) in [6, 6.07) is 0.496. The molecule has 2 fully saturated rings. The minimum atomic E-state index is 0.267. The number of nitrogens with zero attached hydrogens (tertiary/aromatic N) is 2. The number of amidine groups is 1. The molecule has 0 aromatic rings. The van der Waals surface area contributed by atoms with Crippen LogP contribution < -0.4 is 5.32 Å². The zero-order valence-corrected chi connectivity index (χ0v) is 11.8. The van der Waals surface area contributed by atoms with E-state index in [0.29, 0.717) is 6.04 Å². The predicted molar refractivity (Wildman–Crippen MR) is 73.8 cm³/mol. The lowest BCUT2D eigenvalue weighted by Gasteiger charge is -2.32. The summed E-state index contributed by atoms with van der Waals surface area (Å²) in [6.07, 6.45) is 2.23. The van der Waals surface area contributed by atoms with Crippen molar-refractivity contribution in [2.75, 3.05) is 39.6 Å². The molecular weight excluding hydrogens is 234 g/mol. The first-order chi connectivity index (χ1) is 8.11. The maximum Gasteiger partial charge on any atom is 0.157 e. The lowest BCUT2D eigenvalue weighted by atomic mass is 9.93. The molecule has 5 heteroatoms. The fourth-order valence-electron chi connectivity index (χ4n) is 2.00. The van der Waals surface area contributed by atoms with Crippen LogP contribution in [0.1, 0.15) is 19.8 Å². The van der Waals surface area contributed by atoms with Gasteiger partial charge < -0.3 is 15.0 Å². The second-order valence-electron chi connectivity index (χ2n) is 5.26. The first-order valence-electron chi connectivity index (χ1n) is 6.31. The zero-order valence-electron chi connectivity index (χ0n) is 11.0. The topological polar surface area (TPSA) is 36.9 Å². The van der Waals surface area contributed by atoms with Crippen LogP contribution in [0.25, 0.3) is 0 Å². The zero-order chi connectivity index (χ0) is 12.3. The lowest BCUT2D eigenvalue weighted by Crippen LogP contribution is -2.48. The van der Waals surface area contributed by atoms with Crippen LogP contribution >= 0.6 is 11.8 Å². The molecule has 0 radical (unpaired) electrons. The molecule has 2 heterocycles. The second kappa shape index (κ2) is 5.59. The van der Waals surface area contributed by atoms with Gasteiger partial charge in [-0.25, -0.2) is 0 Å². The van der Waals surface area contributed by atoms with Crippen LogP contribution in [0.2, 0.25) is 0 Å². The normalized spacial score (nSPS) is 27.6. The minimum Gasteiger partial charge on any atom is -0.381 e. The van der Waals surface area contributed by atoms with Crippen LogP contribution in [0.4, 0.5) is 0 Å². The van der Waals surface area contributed by atoms with E-state index >= 15 is 0 Å². The van der Waals surface area contributed by atoms with Crippen LogP contribution in [0.3, 0.4) is 0 Å². The third-order valence-corrected chi connectivity index (χ3v) is 4.89. The molecule has 1 spiro atoms. The van der Waals surface area contributed by atoms with Crippen molar-refractivity contribution in [3.63, 3.8) is 0 Å². The van der Waals surface area contributed by atoms with E-state index in [1.54, 1.807) is 0 Å². The van der Waals surface area contributed by atoms with Gasteiger partial charge in [0.15, 0.2) is 5.17 Å². The molecule has 98 valence electrons. The fourth-order valence-corrected chi connectivity index (χ4v) is 3.23. The van der Waals surface area contributed by atoms with Crippen LogP contribution in [-0.4, -0.2) is 61.3 Å². The second-order valence-corrected chi connectivity index (χ2v) is 6.23. The Hall–Kier alpha value is -0.260. The highest BCUT2D eigenvalue weighted by Gasteiger charge is 2.38. The van der Waals surface area contributed by atoms with Crippen molar-refractivity contribution >= 4 is 16.9 Å². The summed E-state index contributed by atoms with van der Waals surface area (Å²) in [5.74, 6) is 1.14. The molecule has 1 unspecified atom stereocenters. The number of hydrogen-bond acceptors (Lipinski definition) is 4. The molecule has 0 aromatic heterocycles. The number of hydrogen-bond donors (Lipinski definition) is 1. The molecule has 2 aliphatic rings. The number of aliphatic imine (C=N–C) groups is 1. The molecule has 0 amide bonds. The molecule has 2 aliphatic heterocycles. The number of rotatable bonds is 3. The van der Waals surface area contributed by atoms with E-state index in [1.807, 2.05) is 11.8 Å². The molecule has 1 atom stereocenters. The summed E-state index contributed by atoms with van der Waals surface area (Å²) in [5, 5.41) is 4.74. The van der Waals surface area contributed by atoms with Gasteiger partial charge in [-0.3, -0.25) is 4.99 Å². The highest BCUT2D eigenvalue weighted by Crippen LogP contribution is 2.31. The average molecular weight is 257 g/mol. The fraction of sp³-hybridized carbons (Fsp3) is 0.917. The van der Waals surface area contributed by atoms with Crippen LogP contribution in [0.5, 0.6) is 0 Å². The summed E-state index contributed by atoms with van der Waals surface area (Å²) in [6.45, 7) is 4.84. The Labute approximate surface area is 108 Å². The Bertz CT molecular complexity index is 287. The van der Waals surface area contributed by atoms with E-state index in [-0.39, 0.29) is 5.54 Å². The molecule has 17 heavy (non-hydrogen) atoms. The average Bonchev–Trinajstić information content (AvgIpc) is 2.70. The summed E-state index contributed by atoms with van der Waals surface area (Å²) in [5.41, 5.74) is 0.267. The van der Waals surface area contributed by atoms with Crippen molar-refractivity contribution in [2.24, 2.45) is 4.99 Å². The van der Waals surface area contributed by atoms with Gasteiger partial charge in [0, 0.05) is 25.0 Å². The van der Waals surface area contributed by atoms with Gasteiger partial charge >= 0.3 is 0 Å². The number of thioether (sulfide) groups is 1. The third-order valence-electron chi connectivity index (χ3n) is 3.69. The first-order valence-corrected chi connectivity index (χ1v) is 7.29. The first kappa shape index (κ1) is 13.2. The van der Waals surface area contributed by atoms with Gasteiger partial charge in [-0.2, -0.15) is 0 Å². The van der Waals surface area contributed by atoms with E-state index in [2.05, 4.69) is 36.2 Å². The molecule has 4 nitrogen and oxygen atoms in total. The van der Waals surface area contributed by atoms with Gasteiger partial charge in [0.1, 0.15) is 0 Å². The van der Waals surface area contributed by atoms with Crippen molar-refractivity contribution in [1.82, 2.24) is 10.2 Å². The maximum absolute atomic E-state index is 5.43. The molecule has 2 saturated heterocycles. The Morgan fingerprint density at radius 3 is 2.82 bits per heavy atom. The van der Waals surface area contributed by atoms with E-state index < -0.39 is 0 Å². The Morgan fingerprint density at radius 1 is 1.47 bits per heavy atom. The summed E-state index contributed by atoms with van der Waals surface area (Å²) >= 11 is 1.87. The highest BCUT2D eigenvalue weighted by molar-refractivity contribution is 8.14. The van der Waals surface area contributed by atoms with Crippen molar-refractivity contribution in [2.45, 2.75) is 31.3 Å². The molecule has 0 aromatic carbocycles. The third kappa shape index (κ3) is 3.36. The van der Waals surface area contributed by atoms with Crippen molar-refractivity contribution in [3.8, 4) is 0 Å². The number of likely N-dealkylation sites (N-methyl/N-ethyl adjacent to an activating group) is 1. The molecule has 2 rings (SSSR count). The summed E-state index contributed by atoms with van der Waals surface area (Å²) in [7, 11) is 4.19. The molecule has 1 N–H and O–H groups in total. The van der Waals surface area contributed by atoms with E-state index in [4.69, 9.17) is 4.74 Å². The van der Waals surface area contributed by atoms with E-state index in [9.17, 15) is 0 Å². The van der Waals surface area contributed by atoms with Gasteiger partial charge in [0.25, 0.3) is 0 Å². The van der Waals surface area contributed by atoms with Gasteiger partial charge in [0.2, 0.25) is 0 Å². The monoisotopic (exact) mass is 257 g/mol. The number of nitrogens with one attached hydrogen (secondary N) is 1. The van der Waals surface area contributed by atoms with Crippen LogP contribution in [-0.2, 0) is 4.74 Å². The Morgan fingerprint density at radius 2 is 2.18 bits per heavy atom. The predicted octanol–water partition coefficient (Wildman–Crippen LogP) is 1.18. The Kier molecular flexibility index (Phi) is 4.33. The van der Waals surface area contributed by atoms with Crippen LogP contribution in [0, 0.1) is 0 Å². The summed E-state index contributed by atoms with van der Waals surface area (Å²) in [4.78, 5) is 6.88. The van der Waals surface area contributed by atoms with Crippen LogP contribution in [0.15, 0.2) is 4.99 Å². The standard InChI is InChI=1S/C12H23N3OS/c1-10(15(2)3)8-13-11-14-12(9-17-11)4-6-16-7-5-12/h10H,4-9H2,1-3H3,(H,13,14). The SMILES string of the molecule is CC(CN=C1NC2(CCOCC2)CS1)N(C)C. The molecule has 0 saturated carbocycles. The maximum atomic E-state index is 5.43. The molecular formula is C12H23N3OS. The Balaban J connectivity index is 1.86. The van der Waals surface area contributed by atoms with Crippen molar-refractivity contribution in [1.29, 1.82) is 0 Å². The number of ether oxygens (including phenoxy) is 1. The van der Waals surface area contributed by atoms with Crippen molar-refractivity contribution in [3.05, 3.63) is 0 Å². The largest absolute Gasteiger partial charge is 0.381 e. The molecule has 0 bridgehead atoms. The molecule has 0 aliphatic carbocycles. The highest BCUT2D eigenvalue weighted by atomic mass is 32.2. The van der Waals surface area contributed by atoms with Crippen molar-refractivity contribution < 1.29 is 4.74 Å². The van der Waals surface area contributed by atoms with Gasteiger partial charge in [-0.1, -0.05) is 11.8 Å². The lowest BCUT2D eigenvalue weighted by molar-refractivity contribution is 0.0555. The van der Waals surface area contributed by atoms with E-state index in [0.717, 1.165) is 43.5 Å². The van der Waals surface area contributed by atoms with Gasteiger partial charge in [0.05, 0.1) is 12.1 Å². The van der Waals surface area contributed by atoms with Gasteiger partial charge in [-0.15, -0.1) is 0 Å². The van der Waals surface area contributed by atoms with E-state index in [1.165, 1.54) is 0 Å². The summed E-state index contributed by atoms with van der Waals surface area (Å²) < 4.78 is 5.43. The van der Waals surface area contributed by atoms with Gasteiger partial charge in [-0.05, 0) is 33.9 Å². The smallest absolute Gasteiger partial charge is 0.157 e. The quantitative estimate of drug-likeness (QED) is 0.824. The minimum absolute atomic E-state index is 0.267.